The van der Waals surface area contributed by atoms with Gasteiger partial charge in [-0.15, -0.1) is 0 Å². The van der Waals surface area contributed by atoms with E-state index in [1.807, 2.05) is 6.92 Å². The van der Waals surface area contributed by atoms with Crippen LogP contribution in [0.1, 0.15) is 37.6 Å². The number of carbonyl (C=O) groups excluding carboxylic acids is 1. The van der Waals surface area contributed by atoms with E-state index < -0.39 is 23.6 Å². The molecule has 0 spiro atoms. The molecule has 3 rings (SSSR count). The summed E-state index contributed by atoms with van der Waals surface area (Å²) >= 11 is 0. The van der Waals surface area contributed by atoms with Crippen LogP contribution in [-0.2, 0) is 9.53 Å². The van der Waals surface area contributed by atoms with Crippen LogP contribution in [-0.4, -0.2) is 23.4 Å². The number of esters is 1. The van der Waals surface area contributed by atoms with E-state index in [0.29, 0.717) is 12.1 Å². The van der Waals surface area contributed by atoms with Gasteiger partial charge in [0.2, 0.25) is 0 Å². The lowest BCUT2D eigenvalue weighted by molar-refractivity contribution is -0.139. The van der Waals surface area contributed by atoms with Gasteiger partial charge < -0.3 is 10.1 Å². The highest BCUT2D eigenvalue weighted by Gasteiger charge is 2.33. The van der Waals surface area contributed by atoms with Gasteiger partial charge in [-0.1, -0.05) is 25.1 Å². The Morgan fingerprint density at radius 3 is 2.56 bits per heavy atom. The van der Waals surface area contributed by atoms with Crippen molar-refractivity contribution in [3.63, 3.8) is 0 Å². The molecule has 0 amide bonds. The maximum absolute atomic E-state index is 14.5. The summed E-state index contributed by atoms with van der Waals surface area (Å²) < 4.78 is 33.9. The van der Waals surface area contributed by atoms with E-state index in [1.165, 1.54) is 24.4 Å². The smallest absolute Gasteiger partial charge is 0.338 e. The summed E-state index contributed by atoms with van der Waals surface area (Å²) in [6.07, 6.45) is 1.86. The number of halogens is 2. The predicted octanol–water partition coefficient (Wildman–Crippen LogP) is 3.68. The summed E-state index contributed by atoms with van der Waals surface area (Å²) in [6.45, 7) is 3.70. The number of hydrogen-bond donors (Lipinski definition) is 1. The molecule has 0 radical (unpaired) electrons. The predicted molar refractivity (Wildman–Crippen MR) is 97.0 cm³/mol. The molecule has 1 aromatic carbocycles. The number of pyridine rings is 1. The normalized spacial score (nSPS) is 16.6. The van der Waals surface area contributed by atoms with Crippen LogP contribution in [0.5, 0.6) is 0 Å². The number of rotatable bonds is 5. The quantitative estimate of drug-likeness (QED) is 0.815. The second kappa shape index (κ2) is 8.07. The van der Waals surface area contributed by atoms with Crippen molar-refractivity contribution in [2.24, 2.45) is 4.99 Å². The SMILES string of the molecule is CCOC(=O)C1=C(CC)NC(c2ncccc2F)=NC1c1ccccc1F. The molecule has 5 nitrogen and oxygen atoms in total. The van der Waals surface area contributed by atoms with E-state index >= 15 is 0 Å². The zero-order valence-corrected chi connectivity index (χ0v) is 15.0. The first-order valence-corrected chi connectivity index (χ1v) is 8.67. The van der Waals surface area contributed by atoms with Crippen molar-refractivity contribution in [2.75, 3.05) is 6.61 Å². The maximum Gasteiger partial charge on any atom is 0.338 e. The molecule has 2 heterocycles. The monoisotopic (exact) mass is 371 g/mol. The molecular formula is C20H19F2N3O2. The van der Waals surface area contributed by atoms with E-state index in [-0.39, 0.29) is 29.3 Å². The number of nitrogens with one attached hydrogen (secondary N) is 1. The number of hydrogen-bond acceptors (Lipinski definition) is 5. The number of amidine groups is 1. The van der Waals surface area contributed by atoms with Crippen molar-refractivity contribution in [1.29, 1.82) is 0 Å². The Bertz CT molecular complexity index is 925. The Kier molecular flexibility index (Phi) is 5.59. The van der Waals surface area contributed by atoms with Crippen LogP contribution in [0.25, 0.3) is 0 Å². The molecule has 1 aromatic heterocycles. The summed E-state index contributed by atoms with van der Waals surface area (Å²) in [6, 6.07) is 7.83. The minimum absolute atomic E-state index is 0.00713. The van der Waals surface area contributed by atoms with Gasteiger partial charge in [-0.25, -0.2) is 18.6 Å². The van der Waals surface area contributed by atoms with Gasteiger partial charge in [0.25, 0.3) is 0 Å². The number of benzene rings is 1. The Morgan fingerprint density at radius 2 is 1.89 bits per heavy atom. The Balaban J connectivity index is 2.17. The van der Waals surface area contributed by atoms with E-state index in [2.05, 4.69) is 15.3 Å². The van der Waals surface area contributed by atoms with Crippen LogP contribution in [0.15, 0.2) is 58.9 Å². The van der Waals surface area contributed by atoms with Gasteiger partial charge in [0.15, 0.2) is 11.7 Å². The van der Waals surface area contributed by atoms with Crippen LogP contribution in [0, 0.1) is 11.6 Å². The zero-order chi connectivity index (χ0) is 19.4. The van der Waals surface area contributed by atoms with Crippen LogP contribution in [0.4, 0.5) is 8.78 Å². The minimum Gasteiger partial charge on any atom is -0.463 e. The van der Waals surface area contributed by atoms with Crippen LogP contribution >= 0.6 is 0 Å². The standard InChI is InChI=1S/C20H19F2N3O2/c1-3-15-16(20(26)27-4-2)17(12-8-5-6-9-13(12)21)25-19(24-15)18-14(22)10-7-11-23-18/h5-11,17H,3-4H2,1-2H3,(H,24,25). The number of ether oxygens (including phenoxy) is 1. The van der Waals surface area contributed by atoms with Gasteiger partial charge in [0.05, 0.1) is 12.2 Å². The summed E-state index contributed by atoms with van der Waals surface area (Å²) in [5.41, 5.74) is 0.927. The molecule has 140 valence electrons. The van der Waals surface area contributed by atoms with Crippen molar-refractivity contribution < 1.29 is 18.3 Å². The fourth-order valence-corrected chi connectivity index (χ4v) is 2.93. The summed E-state index contributed by atoms with van der Waals surface area (Å²) in [5.74, 6) is -1.51. The fraction of sp³-hybridized carbons (Fsp3) is 0.250. The van der Waals surface area contributed by atoms with Crippen molar-refractivity contribution in [2.45, 2.75) is 26.3 Å². The fourth-order valence-electron chi connectivity index (χ4n) is 2.93. The zero-order valence-electron chi connectivity index (χ0n) is 15.0. The number of carbonyl (C=O) groups is 1. The highest BCUT2D eigenvalue weighted by molar-refractivity contribution is 6.02. The molecular weight excluding hydrogens is 352 g/mol. The lowest BCUT2D eigenvalue weighted by Crippen LogP contribution is -2.35. The molecule has 0 saturated carbocycles. The van der Waals surface area contributed by atoms with Gasteiger partial charge in [0, 0.05) is 17.5 Å². The van der Waals surface area contributed by atoms with Crippen LogP contribution in [0.2, 0.25) is 0 Å². The first-order chi connectivity index (χ1) is 13.1. The topological polar surface area (TPSA) is 63.6 Å². The first kappa shape index (κ1) is 18.7. The van der Waals surface area contributed by atoms with Crippen LogP contribution < -0.4 is 5.32 Å². The number of aliphatic imine (C=N–C) groups is 1. The number of aromatic nitrogens is 1. The lowest BCUT2D eigenvalue weighted by Gasteiger charge is -2.27. The van der Waals surface area contributed by atoms with E-state index in [4.69, 9.17) is 4.74 Å². The van der Waals surface area contributed by atoms with E-state index in [1.54, 1.807) is 25.1 Å². The molecule has 2 aromatic rings. The molecule has 1 unspecified atom stereocenters. The lowest BCUT2D eigenvalue weighted by atomic mass is 9.94. The maximum atomic E-state index is 14.5. The Hall–Kier alpha value is -3.09. The Labute approximate surface area is 155 Å². The average Bonchev–Trinajstić information content (AvgIpc) is 2.68. The van der Waals surface area contributed by atoms with Gasteiger partial charge in [-0.3, -0.25) is 4.99 Å². The van der Waals surface area contributed by atoms with Gasteiger partial charge in [0.1, 0.15) is 17.6 Å². The largest absolute Gasteiger partial charge is 0.463 e. The molecule has 7 heteroatoms. The molecule has 0 fully saturated rings. The molecule has 1 aliphatic rings. The van der Waals surface area contributed by atoms with Crippen molar-refractivity contribution >= 4 is 11.8 Å². The molecule has 1 aliphatic heterocycles. The highest BCUT2D eigenvalue weighted by Crippen LogP contribution is 2.34. The number of nitrogens with zero attached hydrogens (tertiary/aromatic N) is 2. The summed E-state index contributed by atoms with van der Waals surface area (Å²) in [4.78, 5) is 21.0. The summed E-state index contributed by atoms with van der Waals surface area (Å²) in [7, 11) is 0. The Morgan fingerprint density at radius 1 is 1.15 bits per heavy atom. The third kappa shape index (κ3) is 3.72. The molecule has 0 aliphatic carbocycles. The van der Waals surface area contributed by atoms with Gasteiger partial charge in [-0.05, 0) is 31.5 Å². The second-order valence-electron chi connectivity index (χ2n) is 5.83. The van der Waals surface area contributed by atoms with Crippen LogP contribution in [0.3, 0.4) is 0 Å². The molecule has 1 atom stereocenters. The molecule has 27 heavy (non-hydrogen) atoms. The van der Waals surface area contributed by atoms with Crippen molar-refractivity contribution in [3.8, 4) is 0 Å². The molecule has 0 bridgehead atoms. The highest BCUT2D eigenvalue weighted by atomic mass is 19.1. The molecule has 0 saturated heterocycles. The van der Waals surface area contributed by atoms with Crippen molar-refractivity contribution in [3.05, 3.63) is 76.8 Å². The number of allylic oxidation sites excluding steroid dienone is 1. The summed E-state index contributed by atoms with van der Waals surface area (Å²) in [5, 5.41) is 2.97. The third-order valence-corrected chi connectivity index (χ3v) is 4.16. The first-order valence-electron chi connectivity index (χ1n) is 8.67. The van der Waals surface area contributed by atoms with E-state index in [9.17, 15) is 13.6 Å². The third-order valence-electron chi connectivity index (χ3n) is 4.16. The molecule has 1 N–H and O–H groups in total. The average molecular weight is 371 g/mol. The minimum atomic E-state index is -0.960. The van der Waals surface area contributed by atoms with Crippen molar-refractivity contribution in [1.82, 2.24) is 10.3 Å². The van der Waals surface area contributed by atoms with Gasteiger partial charge in [-0.2, -0.15) is 0 Å². The second-order valence-corrected chi connectivity index (χ2v) is 5.83. The van der Waals surface area contributed by atoms with Gasteiger partial charge >= 0.3 is 5.97 Å². The van der Waals surface area contributed by atoms with E-state index in [0.717, 1.165) is 0 Å².